The second-order valence-electron chi connectivity index (χ2n) is 4.93. The number of amides is 1. The fraction of sp³-hybridized carbons (Fsp3) is 0.917. The van der Waals surface area contributed by atoms with Crippen LogP contribution in [0, 0.1) is 11.8 Å². The predicted molar refractivity (Wildman–Crippen MR) is 62.7 cm³/mol. The lowest BCUT2D eigenvalue weighted by Crippen LogP contribution is -2.30. The van der Waals surface area contributed by atoms with Crippen LogP contribution in [0.25, 0.3) is 0 Å². The van der Waals surface area contributed by atoms with E-state index < -0.39 is 0 Å². The third-order valence-corrected chi connectivity index (χ3v) is 2.66. The standard InChI is InChI=1S/C12H24N2O/c1-10(2)9-14-12(15)6-8-13-7-5-11-3-4-11/h10-11,13H,3-9H2,1-2H3,(H,14,15). The maximum absolute atomic E-state index is 11.3. The minimum absolute atomic E-state index is 0.169. The molecule has 0 aliphatic heterocycles. The molecular formula is C12H24N2O. The number of hydrogen-bond acceptors (Lipinski definition) is 2. The molecule has 0 unspecified atom stereocenters. The van der Waals surface area contributed by atoms with E-state index in [4.69, 9.17) is 0 Å². The molecule has 88 valence electrons. The molecule has 0 aromatic rings. The maximum Gasteiger partial charge on any atom is 0.221 e. The van der Waals surface area contributed by atoms with Gasteiger partial charge in [0.25, 0.3) is 0 Å². The normalized spacial score (nSPS) is 15.7. The highest BCUT2D eigenvalue weighted by molar-refractivity contribution is 5.76. The predicted octanol–water partition coefficient (Wildman–Crippen LogP) is 1.54. The zero-order chi connectivity index (χ0) is 11.1. The summed E-state index contributed by atoms with van der Waals surface area (Å²) in [6.45, 7) is 6.89. The molecule has 2 N–H and O–H groups in total. The summed E-state index contributed by atoms with van der Waals surface area (Å²) >= 11 is 0. The van der Waals surface area contributed by atoms with E-state index in [2.05, 4.69) is 24.5 Å². The molecule has 1 amide bonds. The van der Waals surface area contributed by atoms with Crippen LogP contribution in [0.5, 0.6) is 0 Å². The Morgan fingerprint density at radius 3 is 2.67 bits per heavy atom. The fourth-order valence-corrected chi connectivity index (χ4v) is 1.45. The number of carbonyl (C=O) groups is 1. The Morgan fingerprint density at radius 2 is 2.07 bits per heavy atom. The number of nitrogens with one attached hydrogen (secondary N) is 2. The molecular weight excluding hydrogens is 188 g/mol. The molecule has 0 bridgehead atoms. The molecule has 0 atom stereocenters. The van der Waals surface area contributed by atoms with Crippen molar-refractivity contribution in [2.75, 3.05) is 19.6 Å². The first kappa shape index (κ1) is 12.5. The van der Waals surface area contributed by atoms with Crippen molar-refractivity contribution in [1.82, 2.24) is 10.6 Å². The Morgan fingerprint density at radius 1 is 1.33 bits per heavy atom. The highest BCUT2D eigenvalue weighted by atomic mass is 16.1. The molecule has 1 fully saturated rings. The van der Waals surface area contributed by atoms with Crippen LogP contribution in [0.1, 0.15) is 39.5 Å². The van der Waals surface area contributed by atoms with Gasteiger partial charge in [0.15, 0.2) is 0 Å². The largest absolute Gasteiger partial charge is 0.356 e. The van der Waals surface area contributed by atoms with Gasteiger partial charge in [-0.05, 0) is 24.8 Å². The summed E-state index contributed by atoms with van der Waals surface area (Å²) < 4.78 is 0. The lowest BCUT2D eigenvalue weighted by molar-refractivity contribution is -0.121. The number of hydrogen-bond donors (Lipinski definition) is 2. The number of carbonyl (C=O) groups excluding carboxylic acids is 1. The Balaban J connectivity index is 1.82. The van der Waals surface area contributed by atoms with Crippen LogP contribution in [-0.2, 0) is 4.79 Å². The first-order chi connectivity index (χ1) is 7.18. The fourth-order valence-electron chi connectivity index (χ4n) is 1.45. The van der Waals surface area contributed by atoms with Crippen molar-refractivity contribution in [3.05, 3.63) is 0 Å². The van der Waals surface area contributed by atoms with Crippen LogP contribution in [0.15, 0.2) is 0 Å². The quantitative estimate of drug-likeness (QED) is 0.599. The molecule has 15 heavy (non-hydrogen) atoms. The summed E-state index contributed by atoms with van der Waals surface area (Å²) in [7, 11) is 0. The molecule has 3 heteroatoms. The second-order valence-corrected chi connectivity index (χ2v) is 4.93. The first-order valence-electron chi connectivity index (χ1n) is 6.16. The van der Waals surface area contributed by atoms with Gasteiger partial charge in [0.2, 0.25) is 5.91 Å². The van der Waals surface area contributed by atoms with Crippen LogP contribution < -0.4 is 10.6 Å². The molecule has 0 aromatic carbocycles. The third kappa shape index (κ3) is 7.37. The van der Waals surface area contributed by atoms with Gasteiger partial charge in [0, 0.05) is 19.5 Å². The van der Waals surface area contributed by atoms with Crippen LogP contribution in [-0.4, -0.2) is 25.5 Å². The van der Waals surface area contributed by atoms with Crippen LogP contribution >= 0.6 is 0 Å². The van der Waals surface area contributed by atoms with Gasteiger partial charge >= 0.3 is 0 Å². The van der Waals surface area contributed by atoms with Crippen molar-refractivity contribution < 1.29 is 4.79 Å². The van der Waals surface area contributed by atoms with Gasteiger partial charge in [-0.2, -0.15) is 0 Å². The van der Waals surface area contributed by atoms with Crippen molar-refractivity contribution >= 4 is 5.91 Å². The smallest absolute Gasteiger partial charge is 0.221 e. The molecule has 3 nitrogen and oxygen atoms in total. The Labute approximate surface area is 93.0 Å². The Kier molecular flexibility index (Phi) is 5.69. The minimum atomic E-state index is 0.169. The van der Waals surface area contributed by atoms with E-state index in [1.165, 1.54) is 19.3 Å². The minimum Gasteiger partial charge on any atom is -0.356 e. The molecule has 1 saturated carbocycles. The summed E-state index contributed by atoms with van der Waals surface area (Å²) in [4.78, 5) is 11.3. The van der Waals surface area contributed by atoms with Crippen LogP contribution in [0.2, 0.25) is 0 Å². The molecule has 0 spiro atoms. The first-order valence-corrected chi connectivity index (χ1v) is 6.16. The van der Waals surface area contributed by atoms with Crippen molar-refractivity contribution in [1.29, 1.82) is 0 Å². The molecule has 1 aliphatic rings. The van der Waals surface area contributed by atoms with E-state index in [1.54, 1.807) is 0 Å². The highest BCUT2D eigenvalue weighted by Crippen LogP contribution is 2.31. The van der Waals surface area contributed by atoms with Crippen molar-refractivity contribution in [2.24, 2.45) is 11.8 Å². The van der Waals surface area contributed by atoms with Gasteiger partial charge in [-0.15, -0.1) is 0 Å². The van der Waals surface area contributed by atoms with Crippen LogP contribution in [0.3, 0.4) is 0 Å². The average molecular weight is 212 g/mol. The molecule has 0 heterocycles. The van der Waals surface area contributed by atoms with Gasteiger partial charge in [0.1, 0.15) is 0 Å². The summed E-state index contributed by atoms with van der Waals surface area (Å²) in [5.41, 5.74) is 0. The molecule has 1 aliphatic carbocycles. The topological polar surface area (TPSA) is 41.1 Å². The Hall–Kier alpha value is -0.570. The van der Waals surface area contributed by atoms with E-state index in [1.807, 2.05) is 0 Å². The molecule has 0 saturated heterocycles. The third-order valence-electron chi connectivity index (χ3n) is 2.66. The summed E-state index contributed by atoms with van der Waals surface area (Å²) in [6.07, 6.45) is 4.72. The summed E-state index contributed by atoms with van der Waals surface area (Å²) in [5.74, 6) is 1.69. The molecule has 1 rings (SSSR count). The Bertz CT molecular complexity index is 188. The van der Waals surface area contributed by atoms with E-state index in [0.29, 0.717) is 12.3 Å². The second kappa shape index (κ2) is 6.83. The van der Waals surface area contributed by atoms with Gasteiger partial charge in [-0.3, -0.25) is 4.79 Å². The molecule has 0 aromatic heterocycles. The zero-order valence-corrected chi connectivity index (χ0v) is 10.0. The van der Waals surface area contributed by atoms with Crippen molar-refractivity contribution in [3.63, 3.8) is 0 Å². The van der Waals surface area contributed by atoms with E-state index in [-0.39, 0.29) is 5.91 Å². The van der Waals surface area contributed by atoms with Gasteiger partial charge in [-0.25, -0.2) is 0 Å². The van der Waals surface area contributed by atoms with E-state index >= 15 is 0 Å². The number of rotatable bonds is 8. The van der Waals surface area contributed by atoms with Gasteiger partial charge < -0.3 is 10.6 Å². The maximum atomic E-state index is 11.3. The summed E-state index contributed by atoms with van der Waals surface area (Å²) in [6, 6.07) is 0. The SMILES string of the molecule is CC(C)CNC(=O)CCNCCC1CC1. The molecule has 0 radical (unpaired) electrons. The monoisotopic (exact) mass is 212 g/mol. The zero-order valence-electron chi connectivity index (χ0n) is 10.0. The van der Waals surface area contributed by atoms with Crippen molar-refractivity contribution in [3.8, 4) is 0 Å². The van der Waals surface area contributed by atoms with E-state index in [9.17, 15) is 4.79 Å². The average Bonchev–Trinajstić information content (AvgIpc) is 2.98. The van der Waals surface area contributed by atoms with E-state index in [0.717, 1.165) is 25.6 Å². The van der Waals surface area contributed by atoms with Gasteiger partial charge in [0.05, 0.1) is 0 Å². The van der Waals surface area contributed by atoms with Gasteiger partial charge in [-0.1, -0.05) is 26.7 Å². The highest BCUT2D eigenvalue weighted by Gasteiger charge is 2.19. The summed E-state index contributed by atoms with van der Waals surface area (Å²) in [5, 5.41) is 6.23. The lowest BCUT2D eigenvalue weighted by Gasteiger charge is -2.08. The lowest BCUT2D eigenvalue weighted by atomic mass is 10.2. The van der Waals surface area contributed by atoms with Crippen LogP contribution in [0.4, 0.5) is 0 Å². The van der Waals surface area contributed by atoms with Crippen molar-refractivity contribution in [2.45, 2.75) is 39.5 Å².